The quantitative estimate of drug-likeness (QED) is 0.551. The van der Waals surface area contributed by atoms with Crippen LogP contribution in [0, 0.1) is 5.92 Å². The summed E-state index contributed by atoms with van der Waals surface area (Å²) in [7, 11) is 1.78. The first-order valence-corrected chi connectivity index (χ1v) is 8.97. The first kappa shape index (κ1) is 14.8. The van der Waals surface area contributed by atoms with Crippen molar-refractivity contribution in [1.82, 2.24) is 29.2 Å². The van der Waals surface area contributed by atoms with Crippen LogP contribution in [0.15, 0.2) is 46.2 Å². The number of nitrogens with zero attached hydrogens (tertiary/aromatic N) is 6. The van der Waals surface area contributed by atoms with Crippen LogP contribution in [0.3, 0.4) is 0 Å². The van der Waals surface area contributed by atoms with Gasteiger partial charge in [0.25, 0.3) is 5.56 Å². The number of imidazole rings is 1. The Morgan fingerprint density at radius 2 is 2.04 bits per heavy atom. The molecule has 1 fully saturated rings. The molecule has 0 aliphatic heterocycles. The zero-order valence-electron chi connectivity index (χ0n) is 14.6. The van der Waals surface area contributed by atoms with Gasteiger partial charge in [0.1, 0.15) is 12.9 Å². The van der Waals surface area contributed by atoms with Gasteiger partial charge in [0.2, 0.25) is 5.89 Å². The third-order valence-corrected chi connectivity index (χ3v) is 5.83. The zero-order chi connectivity index (χ0) is 18.1. The van der Waals surface area contributed by atoms with E-state index in [2.05, 4.69) is 44.4 Å². The lowest BCUT2D eigenvalue weighted by Crippen LogP contribution is -2.22. The van der Waals surface area contributed by atoms with Gasteiger partial charge in [0.05, 0.1) is 6.33 Å². The first-order chi connectivity index (χ1) is 13.2. The molecule has 8 nitrogen and oxygen atoms in total. The molecule has 6 rings (SSSR count). The summed E-state index contributed by atoms with van der Waals surface area (Å²) in [6, 6.07) is 8.59. The maximum Gasteiger partial charge on any atom is 0.280 e. The molecule has 3 heterocycles. The van der Waals surface area contributed by atoms with Gasteiger partial charge in [0.15, 0.2) is 17.0 Å². The molecule has 27 heavy (non-hydrogen) atoms. The maximum atomic E-state index is 12.6. The van der Waals surface area contributed by atoms with E-state index in [1.54, 1.807) is 17.9 Å². The predicted molar refractivity (Wildman–Crippen MR) is 95.3 cm³/mol. The molecular weight excluding hydrogens is 344 g/mol. The van der Waals surface area contributed by atoms with Gasteiger partial charge >= 0.3 is 0 Å². The topological polar surface area (TPSA) is 91.6 Å². The minimum atomic E-state index is -0.169. The molecule has 8 heteroatoms. The number of aromatic nitrogens is 6. The average molecular weight is 360 g/mol. The molecule has 3 atom stereocenters. The van der Waals surface area contributed by atoms with E-state index in [9.17, 15) is 4.79 Å². The molecule has 0 N–H and O–H groups in total. The van der Waals surface area contributed by atoms with E-state index in [-0.39, 0.29) is 12.1 Å². The number of benzene rings is 1. The third-order valence-electron chi connectivity index (χ3n) is 5.83. The van der Waals surface area contributed by atoms with Crippen LogP contribution in [-0.4, -0.2) is 29.2 Å². The summed E-state index contributed by atoms with van der Waals surface area (Å²) in [4.78, 5) is 25.5. The molecule has 134 valence electrons. The lowest BCUT2D eigenvalue weighted by molar-refractivity contribution is 0.364. The number of fused-ring (bicyclic) bond motifs is 4. The molecule has 0 saturated heterocycles. The van der Waals surface area contributed by atoms with Crippen molar-refractivity contribution in [3.63, 3.8) is 0 Å². The van der Waals surface area contributed by atoms with Crippen molar-refractivity contribution in [2.45, 2.75) is 24.8 Å². The van der Waals surface area contributed by atoms with Crippen LogP contribution in [0.2, 0.25) is 0 Å². The maximum absolute atomic E-state index is 12.6. The largest absolute Gasteiger partial charge is 0.337 e. The second kappa shape index (κ2) is 5.12. The van der Waals surface area contributed by atoms with Gasteiger partial charge in [-0.05, 0) is 29.4 Å². The summed E-state index contributed by atoms with van der Waals surface area (Å²) >= 11 is 0. The highest BCUT2D eigenvalue weighted by Gasteiger charge is 2.58. The van der Waals surface area contributed by atoms with Crippen molar-refractivity contribution in [2.24, 2.45) is 13.0 Å². The van der Waals surface area contributed by atoms with Crippen LogP contribution in [0.1, 0.15) is 34.7 Å². The molecule has 3 aromatic heterocycles. The summed E-state index contributed by atoms with van der Waals surface area (Å²) < 4.78 is 8.58. The highest BCUT2D eigenvalue weighted by atomic mass is 16.5. The molecule has 4 aromatic rings. The molecule has 0 radical (unpaired) electrons. The van der Waals surface area contributed by atoms with Gasteiger partial charge < -0.3 is 9.09 Å². The summed E-state index contributed by atoms with van der Waals surface area (Å²) in [6.07, 6.45) is 4.14. The minimum Gasteiger partial charge on any atom is -0.337 e. The summed E-state index contributed by atoms with van der Waals surface area (Å²) in [5.74, 6) is 2.57. The Morgan fingerprint density at radius 3 is 2.96 bits per heavy atom. The Balaban J connectivity index is 1.28. The highest BCUT2D eigenvalue weighted by Crippen LogP contribution is 2.65. The van der Waals surface area contributed by atoms with Gasteiger partial charge in [-0.3, -0.25) is 9.36 Å². The van der Waals surface area contributed by atoms with E-state index in [0.29, 0.717) is 34.8 Å². The SMILES string of the molecule is Cn1cnc2ncn(Cc3nc(C4[C@H]5c6ccccc6C[C@@H]45)no3)c(=O)c21. The van der Waals surface area contributed by atoms with Crippen molar-refractivity contribution >= 4 is 11.2 Å². The van der Waals surface area contributed by atoms with E-state index < -0.39 is 0 Å². The molecule has 1 saturated carbocycles. The van der Waals surface area contributed by atoms with E-state index in [0.717, 1.165) is 12.2 Å². The Bertz CT molecular complexity index is 1250. The predicted octanol–water partition coefficient (Wildman–Crippen LogP) is 1.61. The van der Waals surface area contributed by atoms with Gasteiger partial charge in [-0.15, -0.1) is 0 Å². The third kappa shape index (κ3) is 2.06. The number of aryl methyl sites for hydroxylation is 1. The fraction of sp³-hybridized carbons (Fsp3) is 0.316. The monoisotopic (exact) mass is 360 g/mol. The molecule has 1 unspecified atom stereocenters. The first-order valence-electron chi connectivity index (χ1n) is 8.97. The fourth-order valence-corrected chi connectivity index (χ4v) is 4.50. The van der Waals surface area contributed by atoms with Crippen LogP contribution in [0.5, 0.6) is 0 Å². The molecule has 0 bridgehead atoms. The lowest BCUT2D eigenvalue weighted by Gasteiger charge is -2.04. The van der Waals surface area contributed by atoms with Crippen LogP contribution in [0.25, 0.3) is 11.2 Å². The van der Waals surface area contributed by atoms with Crippen LogP contribution in [0.4, 0.5) is 0 Å². The van der Waals surface area contributed by atoms with Crippen LogP contribution in [-0.2, 0) is 20.0 Å². The van der Waals surface area contributed by atoms with Gasteiger partial charge in [-0.2, -0.15) is 4.98 Å². The molecule has 2 aliphatic carbocycles. The molecule has 1 aromatic carbocycles. The summed E-state index contributed by atoms with van der Waals surface area (Å²) in [6.45, 7) is 0.207. The standard InChI is InChI=1S/C19H16N6O2/c1-24-8-20-18-16(24)19(26)25(9-21-18)7-13-22-17(23-27-13)15-12-6-10-4-2-3-5-11(10)14(12)15/h2-5,8-9,12,14-15H,6-7H2,1H3/t12-,14+,15?/m1/s1. The zero-order valence-corrected chi connectivity index (χ0v) is 14.6. The minimum absolute atomic E-state index is 0.169. The van der Waals surface area contributed by atoms with E-state index in [1.807, 2.05) is 0 Å². The highest BCUT2D eigenvalue weighted by molar-refractivity contribution is 5.68. The Morgan fingerprint density at radius 1 is 1.19 bits per heavy atom. The van der Waals surface area contributed by atoms with Crippen LogP contribution < -0.4 is 5.56 Å². The van der Waals surface area contributed by atoms with Crippen molar-refractivity contribution in [3.05, 3.63) is 70.1 Å². The second-order valence-electron chi connectivity index (χ2n) is 7.37. The average Bonchev–Trinajstić information content (AvgIpc) is 3.03. The van der Waals surface area contributed by atoms with E-state index in [4.69, 9.17) is 4.52 Å². The van der Waals surface area contributed by atoms with Crippen molar-refractivity contribution < 1.29 is 4.52 Å². The lowest BCUT2D eigenvalue weighted by atomic mass is 10.0. The molecule has 0 spiro atoms. The van der Waals surface area contributed by atoms with Gasteiger partial charge in [0, 0.05) is 13.0 Å². The van der Waals surface area contributed by atoms with Crippen molar-refractivity contribution in [3.8, 4) is 0 Å². The Kier molecular flexibility index (Phi) is 2.81. The number of rotatable bonds is 3. The van der Waals surface area contributed by atoms with E-state index in [1.165, 1.54) is 22.0 Å². The van der Waals surface area contributed by atoms with Gasteiger partial charge in [-0.1, -0.05) is 29.4 Å². The second-order valence-corrected chi connectivity index (χ2v) is 7.37. The Hall–Kier alpha value is -3.29. The van der Waals surface area contributed by atoms with Crippen molar-refractivity contribution in [1.29, 1.82) is 0 Å². The van der Waals surface area contributed by atoms with Gasteiger partial charge in [-0.25, -0.2) is 9.97 Å². The normalized spacial score (nSPS) is 22.8. The number of hydrogen-bond acceptors (Lipinski definition) is 6. The molecular formula is C19H16N6O2. The molecule has 2 aliphatic rings. The fourth-order valence-electron chi connectivity index (χ4n) is 4.50. The number of hydrogen-bond donors (Lipinski definition) is 0. The Labute approximate surface area is 153 Å². The van der Waals surface area contributed by atoms with Crippen molar-refractivity contribution in [2.75, 3.05) is 0 Å². The smallest absolute Gasteiger partial charge is 0.280 e. The summed E-state index contributed by atoms with van der Waals surface area (Å²) in [5.41, 5.74) is 3.59. The van der Waals surface area contributed by atoms with Crippen LogP contribution >= 0.6 is 0 Å². The molecule has 0 amide bonds. The summed E-state index contributed by atoms with van der Waals surface area (Å²) in [5, 5.41) is 4.19. The van der Waals surface area contributed by atoms with E-state index >= 15 is 0 Å².